The van der Waals surface area contributed by atoms with Gasteiger partial charge in [-0.1, -0.05) is 24.2 Å². The molecule has 1 aromatic heterocycles. The smallest absolute Gasteiger partial charge is 0.0704 e. The molecule has 0 atom stereocenters. The molecule has 1 heterocycles. The number of hydrogen-bond acceptors (Lipinski definition) is 2. The van der Waals surface area contributed by atoms with E-state index in [1.807, 2.05) is 31.2 Å². The van der Waals surface area contributed by atoms with E-state index in [1.54, 1.807) is 6.20 Å². The highest BCUT2D eigenvalue weighted by Crippen LogP contribution is 2.27. The van der Waals surface area contributed by atoms with Crippen LogP contribution in [0.4, 0.5) is 5.69 Å². The lowest BCUT2D eigenvalue weighted by Gasteiger charge is -2.06. The Balaban J connectivity index is 2.80. The Hall–Kier alpha value is -2.06. The molecule has 0 aliphatic heterocycles. The Morgan fingerprint density at radius 3 is 3.00 bits per heavy atom. The number of rotatable bonds is 2. The van der Waals surface area contributed by atoms with E-state index in [-0.39, 0.29) is 0 Å². The van der Waals surface area contributed by atoms with Gasteiger partial charge in [-0.25, -0.2) is 0 Å². The monoisotopic (exact) mass is 198 g/mol. The van der Waals surface area contributed by atoms with Gasteiger partial charge in [-0.3, -0.25) is 4.98 Å². The number of nitrogens with zero attached hydrogens (tertiary/aromatic N) is 4. The zero-order chi connectivity index (χ0) is 10.7. The molecule has 0 saturated heterocycles. The third kappa shape index (κ3) is 1.63. The van der Waals surface area contributed by atoms with Crippen molar-refractivity contribution in [3.63, 3.8) is 0 Å². The van der Waals surface area contributed by atoms with Gasteiger partial charge in [0.1, 0.15) is 0 Å². The first kappa shape index (κ1) is 9.49. The standard InChI is InChI=1S/C11H10N4/c1-2-8-9-4-3-7-13-10(9)5-6-11(8)14-15-12/h3-7H,2H2,1H3. The van der Waals surface area contributed by atoms with E-state index >= 15 is 0 Å². The molecular formula is C11H10N4. The van der Waals surface area contributed by atoms with E-state index in [9.17, 15) is 0 Å². The van der Waals surface area contributed by atoms with Gasteiger partial charge in [0.15, 0.2) is 0 Å². The zero-order valence-electron chi connectivity index (χ0n) is 8.38. The van der Waals surface area contributed by atoms with Crippen LogP contribution in [0.1, 0.15) is 12.5 Å². The lowest BCUT2D eigenvalue weighted by molar-refractivity contribution is 1.15. The lowest BCUT2D eigenvalue weighted by Crippen LogP contribution is -1.86. The minimum Gasteiger partial charge on any atom is -0.256 e. The molecule has 0 radical (unpaired) electrons. The molecule has 0 fully saturated rings. The summed E-state index contributed by atoms with van der Waals surface area (Å²) in [6.45, 7) is 2.04. The third-order valence-electron chi connectivity index (χ3n) is 2.38. The Morgan fingerprint density at radius 1 is 1.40 bits per heavy atom. The van der Waals surface area contributed by atoms with E-state index < -0.39 is 0 Å². The maximum atomic E-state index is 8.45. The van der Waals surface area contributed by atoms with Crippen molar-refractivity contribution in [3.05, 3.63) is 46.5 Å². The molecule has 0 amide bonds. The Kier molecular flexibility index (Phi) is 2.52. The van der Waals surface area contributed by atoms with E-state index in [0.29, 0.717) is 5.69 Å². The van der Waals surface area contributed by atoms with Crippen molar-refractivity contribution < 1.29 is 0 Å². The fraction of sp³-hybridized carbons (Fsp3) is 0.182. The number of benzene rings is 1. The summed E-state index contributed by atoms with van der Waals surface area (Å²) >= 11 is 0. The zero-order valence-corrected chi connectivity index (χ0v) is 8.38. The molecule has 2 aromatic rings. The van der Waals surface area contributed by atoms with Gasteiger partial charge in [-0.05, 0) is 29.6 Å². The number of aryl methyl sites for hydroxylation is 1. The van der Waals surface area contributed by atoms with Gasteiger partial charge in [0, 0.05) is 22.2 Å². The molecule has 0 bridgehead atoms. The molecule has 0 unspecified atom stereocenters. The summed E-state index contributed by atoms with van der Waals surface area (Å²) in [6, 6.07) is 7.57. The summed E-state index contributed by atoms with van der Waals surface area (Å²) in [4.78, 5) is 7.08. The van der Waals surface area contributed by atoms with Crippen molar-refractivity contribution >= 4 is 16.6 Å². The van der Waals surface area contributed by atoms with Crippen molar-refractivity contribution in [1.29, 1.82) is 0 Å². The second-order valence-corrected chi connectivity index (χ2v) is 3.18. The van der Waals surface area contributed by atoms with Crippen LogP contribution in [-0.2, 0) is 6.42 Å². The van der Waals surface area contributed by atoms with E-state index in [4.69, 9.17) is 5.53 Å². The van der Waals surface area contributed by atoms with Gasteiger partial charge in [-0.15, -0.1) is 0 Å². The normalized spacial score (nSPS) is 9.93. The topological polar surface area (TPSA) is 61.7 Å². The summed E-state index contributed by atoms with van der Waals surface area (Å²) in [6.07, 6.45) is 2.59. The number of pyridine rings is 1. The maximum Gasteiger partial charge on any atom is 0.0704 e. The molecule has 0 aliphatic rings. The molecule has 0 aliphatic carbocycles. The summed E-state index contributed by atoms with van der Waals surface area (Å²) < 4.78 is 0. The largest absolute Gasteiger partial charge is 0.256 e. The molecule has 0 spiro atoms. The van der Waals surface area contributed by atoms with Crippen molar-refractivity contribution in [1.82, 2.24) is 4.98 Å². The summed E-state index contributed by atoms with van der Waals surface area (Å²) in [5, 5.41) is 4.74. The first-order valence-electron chi connectivity index (χ1n) is 4.78. The van der Waals surface area contributed by atoms with Crippen LogP contribution in [0.25, 0.3) is 21.3 Å². The van der Waals surface area contributed by atoms with Gasteiger partial charge >= 0.3 is 0 Å². The Bertz CT molecular complexity index is 541. The van der Waals surface area contributed by atoms with Crippen molar-refractivity contribution in [3.8, 4) is 0 Å². The number of fused-ring (bicyclic) bond motifs is 1. The molecule has 0 saturated carbocycles. The molecule has 4 nitrogen and oxygen atoms in total. The maximum absolute atomic E-state index is 8.45. The molecule has 4 heteroatoms. The molecular weight excluding hydrogens is 188 g/mol. The fourth-order valence-corrected chi connectivity index (χ4v) is 1.72. The van der Waals surface area contributed by atoms with Crippen LogP contribution in [0, 0.1) is 0 Å². The number of hydrogen-bond donors (Lipinski definition) is 0. The Labute approximate surface area is 87.2 Å². The molecule has 15 heavy (non-hydrogen) atoms. The summed E-state index contributed by atoms with van der Waals surface area (Å²) in [7, 11) is 0. The highest BCUT2D eigenvalue weighted by atomic mass is 15.1. The van der Waals surface area contributed by atoms with E-state index in [2.05, 4.69) is 15.0 Å². The predicted octanol–water partition coefficient (Wildman–Crippen LogP) is 3.74. The quantitative estimate of drug-likeness (QED) is 0.412. The predicted molar refractivity (Wildman–Crippen MR) is 59.9 cm³/mol. The number of azide groups is 1. The first-order chi connectivity index (χ1) is 7.36. The average Bonchev–Trinajstić information content (AvgIpc) is 2.29. The van der Waals surface area contributed by atoms with Gasteiger partial charge in [0.05, 0.1) is 5.52 Å². The van der Waals surface area contributed by atoms with Crippen molar-refractivity contribution in [2.24, 2.45) is 5.11 Å². The van der Waals surface area contributed by atoms with Crippen molar-refractivity contribution in [2.45, 2.75) is 13.3 Å². The second kappa shape index (κ2) is 3.98. The van der Waals surface area contributed by atoms with Gasteiger partial charge < -0.3 is 0 Å². The molecule has 74 valence electrons. The third-order valence-corrected chi connectivity index (χ3v) is 2.38. The Morgan fingerprint density at radius 2 is 2.27 bits per heavy atom. The molecule has 1 aromatic carbocycles. The summed E-state index contributed by atoms with van der Waals surface area (Å²) in [5.74, 6) is 0. The highest BCUT2D eigenvalue weighted by molar-refractivity contribution is 5.86. The second-order valence-electron chi connectivity index (χ2n) is 3.18. The minimum absolute atomic E-state index is 0.695. The van der Waals surface area contributed by atoms with Crippen LogP contribution in [-0.4, -0.2) is 4.98 Å². The summed E-state index contributed by atoms with van der Waals surface area (Å²) in [5.41, 5.74) is 11.1. The van der Waals surface area contributed by atoms with Gasteiger partial charge in [0.2, 0.25) is 0 Å². The van der Waals surface area contributed by atoms with Crippen molar-refractivity contribution in [2.75, 3.05) is 0 Å². The van der Waals surface area contributed by atoms with Crippen LogP contribution < -0.4 is 0 Å². The highest BCUT2D eigenvalue weighted by Gasteiger charge is 2.04. The lowest BCUT2D eigenvalue weighted by atomic mass is 10.0. The van der Waals surface area contributed by atoms with Gasteiger partial charge in [0.25, 0.3) is 0 Å². The first-order valence-corrected chi connectivity index (χ1v) is 4.78. The SMILES string of the molecule is CCc1c(N=[N+]=[N-])ccc2ncccc12. The van der Waals surface area contributed by atoms with Gasteiger partial charge in [-0.2, -0.15) is 0 Å². The average molecular weight is 198 g/mol. The minimum atomic E-state index is 0.695. The fourth-order valence-electron chi connectivity index (χ4n) is 1.72. The van der Waals surface area contributed by atoms with Crippen LogP contribution in [0.3, 0.4) is 0 Å². The van der Waals surface area contributed by atoms with Crippen LogP contribution >= 0.6 is 0 Å². The van der Waals surface area contributed by atoms with E-state index in [0.717, 1.165) is 22.9 Å². The molecule has 0 N–H and O–H groups in total. The number of aromatic nitrogens is 1. The van der Waals surface area contributed by atoms with E-state index in [1.165, 1.54) is 0 Å². The van der Waals surface area contributed by atoms with Crippen LogP contribution in [0.15, 0.2) is 35.6 Å². The van der Waals surface area contributed by atoms with Crippen LogP contribution in [0.5, 0.6) is 0 Å². The van der Waals surface area contributed by atoms with Crippen LogP contribution in [0.2, 0.25) is 0 Å². The molecule has 2 rings (SSSR count).